The van der Waals surface area contributed by atoms with Gasteiger partial charge in [0, 0.05) is 22.2 Å². The molecule has 0 unspecified atom stereocenters. The van der Waals surface area contributed by atoms with Crippen LogP contribution < -0.4 is 10.1 Å². The highest BCUT2D eigenvalue weighted by Gasteiger charge is 2.14. The molecule has 24 heavy (non-hydrogen) atoms. The predicted octanol–water partition coefficient (Wildman–Crippen LogP) is 4.73. The minimum absolute atomic E-state index is 0.0895. The summed E-state index contributed by atoms with van der Waals surface area (Å²) >= 11 is 5.97. The summed E-state index contributed by atoms with van der Waals surface area (Å²) in [5.74, 6) is -0.108. The van der Waals surface area contributed by atoms with E-state index in [1.165, 1.54) is 0 Å². The molecule has 0 aliphatic heterocycles. The number of anilines is 2. The van der Waals surface area contributed by atoms with Gasteiger partial charge in [0.15, 0.2) is 0 Å². The first kappa shape index (κ1) is 16.1. The van der Waals surface area contributed by atoms with Crippen LogP contribution in [0.25, 0.3) is 10.9 Å². The van der Waals surface area contributed by atoms with Crippen molar-refractivity contribution in [3.8, 4) is 5.75 Å². The number of nitrogens with one attached hydrogen (secondary N) is 1. The fourth-order valence-electron chi connectivity index (χ4n) is 2.36. The van der Waals surface area contributed by atoms with Crippen LogP contribution in [0.5, 0.6) is 5.75 Å². The summed E-state index contributed by atoms with van der Waals surface area (Å²) in [5.41, 5.74) is 1.40. The maximum atomic E-state index is 11.6. The van der Waals surface area contributed by atoms with Crippen LogP contribution >= 0.6 is 11.6 Å². The Morgan fingerprint density at radius 2 is 2.08 bits per heavy atom. The molecule has 0 saturated carbocycles. The Morgan fingerprint density at radius 3 is 2.79 bits per heavy atom. The van der Waals surface area contributed by atoms with Crippen molar-refractivity contribution in [2.75, 3.05) is 11.9 Å². The number of ether oxygens (including phenoxy) is 1. The van der Waals surface area contributed by atoms with E-state index in [4.69, 9.17) is 16.3 Å². The molecule has 0 fully saturated rings. The van der Waals surface area contributed by atoms with E-state index in [0.29, 0.717) is 28.6 Å². The molecule has 0 atom stereocenters. The molecule has 0 bridgehead atoms. The van der Waals surface area contributed by atoms with Gasteiger partial charge in [0.1, 0.15) is 17.1 Å². The van der Waals surface area contributed by atoms with E-state index in [2.05, 4.69) is 10.3 Å². The molecule has 1 heterocycles. The van der Waals surface area contributed by atoms with Crippen LogP contribution in [0.3, 0.4) is 0 Å². The van der Waals surface area contributed by atoms with Gasteiger partial charge < -0.3 is 15.2 Å². The average molecular weight is 343 g/mol. The zero-order valence-electron chi connectivity index (χ0n) is 12.9. The Balaban J connectivity index is 2.09. The number of carboxylic acid groups (broad SMARTS) is 1. The van der Waals surface area contributed by atoms with E-state index in [-0.39, 0.29) is 11.4 Å². The van der Waals surface area contributed by atoms with Crippen molar-refractivity contribution in [1.82, 2.24) is 4.98 Å². The second-order valence-corrected chi connectivity index (χ2v) is 5.55. The number of carbonyl (C=O) groups is 1. The molecule has 0 amide bonds. The Morgan fingerprint density at radius 1 is 1.25 bits per heavy atom. The fourth-order valence-corrected chi connectivity index (χ4v) is 2.55. The summed E-state index contributed by atoms with van der Waals surface area (Å²) in [7, 11) is 0. The predicted molar refractivity (Wildman–Crippen MR) is 94.6 cm³/mol. The molecule has 5 nitrogen and oxygen atoms in total. The highest BCUT2D eigenvalue weighted by molar-refractivity contribution is 6.30. The first-order chi connectivity index (χ1) is 11.6. The summed E-state index contributed by atoms with van der Waals surface area (Å²) in [6.07, 6.45) is 0. The highest BCUT2D eigenvalue weighted by Crippen LogP contribution is 2.27. The minimum Gasteiger partial charge on any atom is -0.494 e. The number of aromatic carboxylic acids is 1. The van der Waals surface area contributed by atoms with Crippen LogP contribution in [-0.4, -0.2) is 22.7 Å². The number of pyridine rings is 1. The first-order valence-corrected chi connectivity index (χ1v) is 7.78. The summed E-state index contributed by atoms with van der Waals surface area (Å²) in [5, 5.41) is 13.8. The fraction of sp³-hybridized carbons (Fsp3) is 0.111. The normalized spacial score (nSPS) is 10.6. The van der Waals surface area contributed by atoms with Gasteiger partial charge in [-0.1, -0.05) is 17.7 Å². The number of rotatable bonds is 5. The van der Waals surface area contributed by atoms with Crippen molar-refractivity contribution < 1.29 is 14.6 Å². The molecule has 0 aliphatic carbocycles. The molecule has 6 heteroatoms. The van der Waals surface area contributed by atoms with Gasteiger partial charge in [0.25, 0.3) is 0 Å². The van der Waals surface area contributed by atoms with Gasteiger partial charge >= 0.3 is 5.97 Å². The molecule has 0 spiro atoms. The maximum Gasteiger partial charge on any atom is 0.339 e. The lowest BCUT2D eigenvalue weighted by atomic mass is 10.1. The molecule has 2 N–H and O–H groups in total. The number of nitrogens with zero attached hydrogens (tertiary/aromatic N) is 1. The Labute approximate surface area is 143 Å². The zero-order valence-corrected chi connectivity index (χ0v) is 13.7. The number of halogens is 1. The van der Waals surface area contributed by atoms with Gasteiger partial charge in [-0.3, -0.25) is 0 Å². The Hall–Kier alpha value is -2.79. The lowest BCUT2D eigenvalue weighted by Crippen LogP contribution is -2.05. The van der Waals surface area contributed by atoms with Crippen molar-refractivity contribution in [2.45, 2.75) is 6.92 Å². The molecule has 0 aliphatic rings. The van der Waals surface area contributed by atoms with Crippen LogP contribution in [0.2, 0.25) is 5.02 Å². The molecule has 122 valence electrons. The monoisotopic (exact) mass is 342 g/mol. The number of fused-ring (bicyclic) bond motifs is 1. The van der Waals surface area contributed by atoms with Crippen molar-refractivity contribution in [3.63, 3.8) is 0 Å². The van der Waals surface area contributed by atoms with E-state index >= 15 is 0 Å². The van der Waals surface area contributed by atoms with Crippen molar-refractivity contribution in [3.05, 3.63) is 59.1 Å². The van der Waals surface area contributed by atoms with Crippen LogP contribution in [-0.2, 0) is 0 Å². The maximum absolute atomic E-state index is 11.6. The summed E-state index contributed by atoms with van der Waals surface area (Å²) < 4.78 is 5.47. The van der Waals surface area contributed by atoms with E-state index < -0.39 is 5.97 Å². The van der Waals surface area contributed by atoms with Gasteiger partial charge in [-0.2, -0.15) is 0 Å². The van der Waals surface area contributed by atoms with Gasteiger partial charge in [-0.05, 0) is 43.3 Å². The van der Waals surface area contributed by atoms with E-state index in [1.807, 2.05) is 6.92 Å². The zero-order chi connectivity index (χ0) is 17.1. The van der Waals surface area contributed by atoms with E-state index in [9.17, 15) is 9.90 Å². The van der Waals surface area contributed by atoms with Gasteiger partial charge in [0.05, 0.1) is 12.1 Å². The van der Waals surface area contributed by atoms with Crippen LogP contribution in [0.15, 0.2) is 48.5 Å². The minimum atomic E-state index is -1.05. The number of benzene rings is 2. The third-order valence-corrected chi connectivity index (χ3v) is 3.65. The number of carboxylic acids is 1. The molecule has 3 rings (SSSR count). The Bertz CT molecular complexity index is 912. The van der Waals surface area contributed by atoms with Crippen LogP contribution in [0.1, 0.15) is 17.3 Å². The lowest BCUT2D eigenvalue weighted by Gasteiger charge is -2.11. The summed E-state index contributed by atoms with van der Waals surface area (Å²) in [4.78, 5) is 16.0. The number of aromatic nitrogens is 1. The summed E-state index contributed by atoms with van der Waals surface area (Å²) in [6.45, 7) is 2.45. The molecule has 0 saturated heterocycles. The third kappa shape index (κ3) is 3.41. The topological polar surface area (TPSA) is 71.5 Å². The second-order valence-electron chi connectivity index (χ2n) is 5.11. The standard InChI is InChI=1S/C18H15ClN2O3/c1-2-24-14-7-6-11-8-15(18(22)23)17(21-16(11)10-14)20-13-5-3-4-12(19)9-13/h3-10H,2H2,1H3,(H,20,21)(H,22,23). The van der Waals surface area contributed by atoms with Crippen molar-refractivity contribution in [1.29, 1.82) is 0 Å². The molecule has 0 radical (unpaired) electrons. The average Bonchev–Trinajstić information content (AvgIpc) is 2.54. The lowest BCUT2D eigenvalue weighted by molar-refractivity contribution is 0.0698. The smallest absolute Gasteiger partial charge is 0.339 e. The largest absolute Gasteiger partial charge is 0.494 e. The quantitative estimate of drug-likeness (QED) is 0.701. The van der Waals surface area contributed by atoms with Gasteiger partial charge in [0.2, 0.25) is 0 Å². The number of hydrogen-bond donors (Lipinski definition) is 2. The third-order valence-electron chi connectivity index (χ3n) is 3.42. The van der Waals surface area contributed by atoms with E-state index in [1.54, 1.807) is 48.5 Å². The van der Waals surface area contributed by atoms with Gasteiger partial charge in [-0.25, -0.2) is 9.78 Å². The molecule has 3 aromatic rings. The molecular weight excluding hydrogens is 328 g/mol. The van der Waals surface area contributed by atoms with Crippen molar-refractivity contribution in [2.24, 2.45) is 0 Å². The molecule has 2 aromatic carbocycles. The number of hydrogen-bond acceptors (Lipinski definition) is 4. The van der Waals surface area contributed by atoms with E-state index in [0.717, 1.165) is 5.39 Å². The van der Waals surface area contributed by atoms with Gasteiger partial charge in [-0.15, -0.1) is 0 Å². The SMILES string of the molecule is CCOc1ccc2cc(C(=O)O)c(Nc3cccc(Cl)c3)nc2c1. The van der Waals surface area contributed by atoms with Crippen molar-refractivity contribution >= 4 is 40.0 Å². The second kappa shape index (κ2) is 6.76. The van der Waals surface area contributed by atoms with Crippen LogP contribution in [0, 0.1) is 0 Å². The summed E-state index contributed by atoms with van der Waals surface area (Å²) in [6, 6.07) is 14.0. The highest BCUT2D eigenvalue weighted by atomic mass is 35.5. The molecule has 1 aromatic heterocycles. The Kier molecular flexibility index (Phi) is 4.53. The van der Waals surface area contributed by atoms with Crippen LogP contribution in [0.4, 0.5) is 11.5 Å². The first-order valence-electron chi connectivity index (χ1n) is 7.40. The molecular formula is C18H15ClN2O3.